The van der Waals surface area contributed by atoms with Gasteiger partial charge in [-0.3, -0.25) is 4.98 Å². The lowest BCUT2D eigenvalue weighted by Crippen LogP contribution is -2.14. The highest BCUT2D eigenvalue weighted by atomic mass is 16.5. The van der Waals surface area contributed by atoms with Gasteiger partial charge in [-0.05, 0) is 24.6 Å². The summed E-state index contributed by atoms with van der Waals surface area (Å²) < 4.78 is 5.70. The van der Waals surface area contributed by atoms with Crippen molar-refractivity contribution in [1.82, 2.24) is 10.3 Å². The van der Waals surface area contributed by atoms with Gasteiger partial charge in [0.2, 0.25) is 0 Å². The number of rotatable bonds is 10. The molecule has 0 saturated carbocycles. The van der Waals surface area contributed by atoms with E-state index in [1.54, 1.807) is 0 Å². The number of ether oxygens (including phenoxy) is 1. The molecule has 0 saturated heterocycles. The first-order valence-electron chi connectivity index (χ1n) is 7.09. The first kappa shape index (κ1) is 15.1. The molecule has 0 atom stereocenters. The molecule has 0 aromatic carbocycles. The Balaban J connectivity index is 2.27. The maximum Gasteiger partial charge on any atom is 0.0891 e. The Labute approximate surface area is 111 Å². The highest BCUT2D eigenvalue weighted by molar-refractivity contribution is 5.18. The molecule has 0 aliphatic heterocycles. The van der Waals surface area contributed by atoms with Gasteiger partial charge in [0.25, 0.3) is 0 Å². The summed E-state index contributed by atoms with van der Waals surface area (Å²) in [7, 11) is 0. The minimum absolute atomic E-state index is 0.633. The van der Waals surface area contributed by atoms with Crippen LogP contribution in [-0.2, 0) is 17.9 Å². The summed E-state index contributed by atoms with van der Waals surface area (Å²) in [6.07, 6.45) is 6.84. The topological polar surface area (TPSA) is 34.1 Å². The lowest BCUT2D eigenvalue weighted by molar-refractivity contribution is 0.113. The molecule has 1 heterocycles. The second kappa shape index (κ2) is 10.0. The Morgan fingerprint density at radius 2 is 2.11 bits per heavy atom. The molecule has 3 nitrogen and oxygen atoms in total. The van der Waals surface area contributed by atoms with E-state index in [4.69, 9.17) is 4.74 Å². The van der Waals surface area contributed by atoms with Gasteiger partial charge in [0, 0.05) is 19.3 Å². The van der Waals surface area contributed by atoms with Gasteiger partial charge >= 0.3 is 0 Å². The average Bonchev–Trinajstić information content (AvgIpc) is 2.41. The third-order valence-electron chi connectivity index (χ3n) is 2.93. The number of nitrogens with one attached hydrogen (secondary N) is 1. The zero-order valence-electron chi connectivity index (χ0n) is 11.7. The Hall–Kier alpha value is -0.930. The molecule has 0 radical (unpaired) electrons. The molecule has 0 bridgehead atoms. The van der Waals surface area contributed by atoms with E-state index < -0.39 is 0 Å². The fourth-order valence-corrected chi connectivity index (χ4v) is 1.82. The molecule has 18 heavy (non-hydrogen) atoms. The second-order valence-corrected chi connectivity index (χ2v) is 4.50. The van der Waals surface area contributed by atoms with Gasteiger partial charge in [-0.15, -0.1) is 0 Å². The van der Waals surface area contributed by atoms with E-state index in [0.29, 0.717) is 6.61 Å². The van der Waals surface area contributed by atoms with Crippen molar-refractivity contribution >= 4 is 0 Å². The van der Waals surface area contributed by atoms with Gasteiger partial charge in [0.1, 0.15) is 0 Å². The molecule has 102 valence electrons. The number of aromatic nitrogens is 1. The Morgan fingerprint density at radius 1 is 1.22 bits per heavy atom. The van der Waals surface area contributed by atoms with Crippen LogP contribution in [0.1, 0.15) is 50.8 Å². The van der Waals surface area contributed by atoms with Crippen LogP contribution in [0, 0.1) is 0 Å². The van der Waals surface area contributed by atoms with Gasteiger partial charge in [0.05, 0.1) is 12.3 Å². The van der Waals surface area contributed by atoms with Gasteiger partial charge in [0.15, 0.2) is 0 Å². The highest BCUT2D eigenvalue weighted by Crippen LogP contribution is 2.07. The molecule has 1 aromatic rings. The summed E-state index contributed by atoms with van der Waals surface area (Å²) >= 11 is 0. The first-order valence-corrected chi connectivity index (χ1v) is 7.09. The van der Waals surface area contributed by atoms with Crippen LogP contribution >= 0.6 is 0 Å². The van der Waals surface area contributed by atoms with Gasteiger partial charge in [-0.1, -0.05) is 39.2 Å². The van der Waals surface area contributed by atoms with Crippen molar-refractivity contribution in [2.24, 2.45) is 0 Å². The van der Waals surface area contributed by atoms with E-state index >= 15 is 0 Å². The second-order valence-electron chi connectivity index (χ2n) is 4.50. The van der Waals surface area contributed by atoms with Crippen molar-refractivity contribution in [2.45, 2.75) is 52.7 Å². The molecule has 3 heteroatoms. The maximum atomic E-state index is 5.70. The van der Waals surface area contributed by atoms with Crippen LogP contribution < -0.4 is 5.32 Å². The quantitative estimate of drug-likeness (QED) is 0.647. The summed E-state index contributed by atoms with van der Waals surface area (Å²) in [4.78, 5) is 4.40. The molecule has 0 aliphatic rings. The molecular formula is C15H26N2O. The molecule has 1 rings (SSSR count). The standard InChI is InChI=1S/C15H26N2O/c1-3-5-6-7-11-18-13-15-14(12-16-4-2)9-8-10-17-15/h8-10,16H,3-7,11-13H2,1-2H3. The SMILES string of the molecule is CCCCCCOCc1ncccc1CNCC. The minimum atomic E-state index is 0.633. The van der Waals surface area contributed by atoms with E-state index in [2.05, 4.69) is 30.2 Å². The maximum absolute atomic E-state index is 5.70. The van der Waals surface area contributed by atoms with E-state index in [1.807, 2.05) is 12.3 Å². The van der Waals surface area contributed by atoms with Crippen molar-refractivity contribution < 1.29 is 4.74 Å². The molecule has 0 fully saturated rings. The number of hydrogen-bond acceptors (Lipinski definition) is 3. The smallest absolute Gasteiger partial charge is 0.0891 e. The van der Waals surface area contributed by atoms with Crippen LogP contribution in [0.25, 0.3) is 0 Å². The van der Waals surface area contributed by atoms with Crippen LogP contribution in [0.2, 0.25) is 0 Å². The van der Waals surface area contributed by atoms with Crippen molar-refractivity contribution in [3.63, 3.8) is 0 Å². The zero-order valence-corrected chi connectivity index (χ0v) is 11.7. The summed E-state index contributed by atoms with van der Waals surface area (Å²) in [6, 6.07) is 4.10. The van der Waals surface area contributed by atoms with Crippen molar-refractivity contribution in [1.29, 1.82) is 0 Å². The van der Waals surface area contributed by atoms with Crippen molar-refractivity contribution in [2.75, 3.05) is 13.2 Å². The number of hydrogen-bond donors (Lipinski definition) is 1. The van der Waals surface area contributed by atoms with E-state index in [9.17, 15) is 0 Å². The third-order valence-corrected chi connectivity index (χ3v) is 2.93. The Bertz CT molecular complexity index is 315. The lowest BCUT2D eigenvalue weighted by atomic mass is 10.2. The molecule has 0 spiro atoms. The largest absolute Gasteiger partial charge is 0.375 e. The normalized spacial score (nSPS) is 10.8. The third kappa shape index (κ3) is 6.12. The number of nitrogens with zero attached hydrogens (tertiary/aromatic N) is 1. The number of unbranched alkanes of at least 4 members (excludes halogenated alkanes) is 3. The van der Waals surface area contributed by atoms with Crippen LogP contribution in [-0.4, -0.2) is 18.1 Å². The summed E-state index contributed by atoms with van der Waals surface area (Å²) in [5.74, 6) is 0. The van der Waals surface area contributed by atoms with Crippen LogP contribution in [0.5, 0.6) is 0 Å². The molecule has 1 aromatic heterocycles. The number of pyridine rings is 1. The summed E-state index contributed by atoms with van der Waals surface area (Å²) in [5, 5.41) is 3.33. The molecular weight excluding hydrogens is 224 g/mol. The zero-order chi connectivity index (χ0) is 13.1. The molecule has 1 N–H and O–H groups in total. The molecule has 0 unspecified atom stereocenters. The monoisotopic (exact) mass is 250 g/mol. The predicted octanol–water partition coefficient (Wildman–Crippen LogP) is 3.29. The fourth-order valence-electron chi connectivity index (χ4n) is 1.82. The Morgan fingerprint density at radius 3 is 2.89 bits per heavy atom. The summed E-state index contributed by atoms with van der Waals surface area (Å²) in [5.41, 5.74) is 2.31. The average molecular weight is 250 g/mol. The van der Waals surface area contributed by atoms with Gasteiger partial charge < -0.3 is 10.1 Å². The van der Waals surface area contributed by atoms with E-state index in [1.165, 1.54) is 24.8 Å². The first-order chi connectivity index (χ1) is 8.88. The van der Waals surface area contributed by atoms with Crippen LogP contribution in [0.3, 0.4) is 0 Å². The fraction of sp³-hybridized carbons (Fsp3) is 0.667. The van der Waals surface area contributed by atoms with E-state index in [-0.39, 0.29) is 0 Å². The van der Waals surface area contributed by atoms with Crippen LogP contribution in [0.15, 0.2) is 18.3 Å². The lowest BCUT2D eigenvalue weighted by Gasteiger charge is -2.09. The Kier molecular flexibility index (Phi) is 8.43. The van der Waals surface area contributed by atoms with Gasteiger partial charge in [-0.25, -0.2) is 0 Å². The van der Waals surface area contributed by atoms with Crippen molar-refractivity contribution in [3.8, 4) is 0 Å². The van der Waals surface area contributed by atoms with Crippen molar-refractivity contribution in [3.05, 3.63) is 29.6 Å². The summed E-state index contributed by atoms with van der Waals surface area (Å²) in [6.45, 7) is 7.66. The van der Waals surface area contributed by atoms with Gasteiger partial charge in [-0.2, -0.15) is 0 Å². The molecule has 0 aliphatic carbocycles. The van der Waals surface area contributed by atoms with E-state index in [0.717, 1.165) is 31.8 Å². The minimum Gasteiger partial charge on any atom is -0.375 e. The predicted molar refractivity (Wildman–Crippen MR) is 75.4 cm³/mol. The van der Waals surface area contributed by atoms with Crippen LogP contribution in [0.4, 0.5) is 0 Å². The highest BCUT2D eigenvalue weighted by Gasteiger charge is 2.02. The molecule has 0 amide bonds.